The van der Waals surface area contributed by atoms with Crippen molar-refractivity contribution in [3.63, 3.8) is 0 Å². The van der Waals surface area contributed by atoms with Gasteiger partial charge in [0.15, 0.2) is 0 Å². The fourth-order valence-corrected chi connectivity index (χ4v) is 3.55. The quantitative estimate of drug-likeness (QED) is 0.322. The van der Waals surface area contributed by atoms with Crippen molar-refractivity contribution in [1.29, 1.82) is 0 Å². The largest absolute Gasteiger partial charge is 0.376 e. The SMILES string of the molecule is CN(C(=O)c1ccc(NCC(=O)Nc2cccc(NC(=O)c3ccccc3)c2)cc1)c1ccccc1. The van der Waals surface area contributed by atoms with Crippen LogP contribution in [0.3, 0.4) is 0 Å². The minimum absolute atomic E-state index is 0.0395. The number of hydrogen-bond acceptors (Lipinski definition) is 4. The van der Waals surface area contributed by atoms with Crippen molar-refractivity contribution in [3.8, 4) is 0 Å². The van der Waals surface area contributed by atoms with E-state index < -0.39 is 0 Å². The van der Waals surface area contributed by atoms with Crippen LogP contribution in [0, 0.1) is 0 Å². The number of rotatable bonds is 8. The zero-order valence-corrected chi connectivity index (χ0v) is 19.8. The molecular formula is C29H26N4O3. The summed E-state index contributed by atoms with van der Waals surface area (Å²) >= 11 is 0. The number of nitrogens with zero attached hydrogens (tertiary/aromatic N) is 1. The molecule has 0 fully saturated rings. The highest BCUT2D eigenvalue weighted by molar-refractivity contribution is 6.06. The molecule has 0 saturated heterocycles. The third-order valence-electron chi connectivity index (χ3n) is 5.47. The lowest BCUT2D eigenvalue weighted by atomic mass is 10.1. The van der Waals surface area contributed by atoms with E-state index in [0.717, 1.165) is 5.69 Å². The van der Waals surface area contributed by atoms with Crippen molar-refractivity contribution >= 4 is 40.5 Å². The molecule has 0 atom stereocenters. The van der Waals surface area contributed by atoms with Gasteiger partial charge in [-0.25, -0.2) is 0 Å². The zero-order valence-electron chi connectivity index (χ0n) is 19.8. The molecule has 3 amide bonds. The van der Waals surface area contributed by atoms with Crippen LogP contribution in [0.15, 0.2) is 109 Å². The van der Waals surface area contributed by atoms with E-state index in [9.17, 15) is 14.4 Å². The van der Waals surface area contributed by atoms with E-state index in [1.54, 1.807) is 84.7 Å². The average Bonchev–Trinajstić information content (AvgIpc) is 2.92. The summed E-state index contributed by atoms with van der Waals surface area (Å²) in [5.41, 5.74) is 3.77. The Morgan fingerprint density at radius 2 is 1.25 bits per heavy atom. The number of benzene rings is 4. The molecule has 0 heterocycles. The van der Waals surface area contributed by atoms with E-state index in [2.05, 4.69) is 16.0 Å². The first-order valence-electron chi connectivity index (χ1n) is 11.4. The number of nitrogens with one attached hydrogen (secondary N) is 3. The molecule has 7 nitrogen and oxygen atoms in total. The van der Waals surface area contributed by atoms with E-state index >= 15 is 0 Å². The second-order valence-electron chi connectivity index (χ2n) is 8.08. The monoisotopic (exact) mass is 478 g/mol. The van der Waals surface area contributed by atoms with Crippen molar-refractivity contribution in [3.05, 3.63) is 120 Å². The second-order valence-corrected chi connectivity index (χ2v) is 8.08. The summed E-state index contributed by atoms with van der Waals surface area (Å²) in [6.45, 7) is 0.0395. The van der Waals surface area contributed by atoms with E-state index in [4.69, 9.17) is 0 Å². The summed E-state index contributed by atoms with van der Waals surface area (Å²) in [4.78, 5) is 39.1. The summed E-state index contributed by atoms with van der Waals surface area (Å²) in [7, 11) is 1.73. The number of carbonyl (C=O) groups is 3. The first-order valence-corrected chi connectivity index (χ1v) is 11.4. The molecule has 36 heavy (non-hydrogen) atoms. The number of carbonyl (C=O) groups excluding carboxylic acids is 3. The lowest BCUT2D eigenvalue weighted by Crippen LogP contribution is -2.26. The summed E-state index contributed by atoms with van der Waals surface area (Å²) in [5, 5.41) is 8.69. The average molecular weight is 479 g/mol. The number of amides is 3. The Labute approximate surface area is 209 Å². The van der Waals surface area contributed by atoms with Crippen molar-refractivity contribution < 1.29 is 14.4 Å². The number of hydrogen-bond donors (Lipinski definition) is 3. The fourth-order valence-electron chi connectivity index (χ4n) is 3.55. The molecule has 0 aliphatic carbocycles. The molecule has 0 saturated carbocycles. The Hall–Kier alpha value is -4.91. The molecule has 0 spiro atoms. The van der Waals surface area contributed by atoms with Crippen LogP contribution < -0.4 is 20.9 Å². The lowest BCUT2D eigenvalue weighted by Gasteiger charge is -2.17. The normalized spacial score (nSPS) is 10.2. The van der Waals surface area contributed by atoms with E-state index in [1.807, 2.05) is 36.4 Å². The maximum Gasteiger partial charge on any atom is 0.258 e. The Morgan fingerprint density at radius 3 is 1.92 bits per heavy atom. The van der Waals surface area contributed by atoms with Gasteiger partial charge in [0.05, 0.1) is 6.54 Å². The van der Waals surface area contributed by atoms with Gasteiger partial charge in [-0.1, -0.05) is 42.5 Å². The Balaban J connectivity index is 1.29. The first kappa shape index (κ1) is 24.2. The smallest absolute Gasteiger partial charge is 0.258 e. The van der Waals surface area contributed by atoms with Crippen LogP contribution in [0.4, 0.5) is 22.7 Å². The minimum atomic E-state index is -0.245. The predicted octanol–water partition coefficient (Wildman–Crippen LogP) is 5.27. The molecular weight excluding hydrogens is 452 g/mol. The van der Waals surface area contributed by atoms with Gasteiger partial charge >= 0.3 is 0 Å². The highest BCUT2D eigenvalue weighted by Crippen LogP contribution is 2.18. The lowest BCUT2D eigenvalue weighted by molar-refractivity contribution is -0.114. The van der Waals surface area contributed by atoms with E-state index in [-0.39, 0.29) is 24.3 Å². The van der Waals surface area contributed by atoms with Crippen LogP contribution in [-0.4, -0.2) is 31.3 Å². The van der Waals surface area contributed by atoms with Crippen molar-refractivity contribution in [1.82, 2.24) is 0 Å². The molecule has 0 aromatic heterocycles. The van der Waals surface area contributed by atoms with Crippen LogP contribution in [0.25, 0.3) is 0 Å². The highest BCUT2D eigenvalue weighted by atomic mass is 16.2. The van der Waals surface area contributed by atoms with Crippen LogP contribution in [0.5, 0.6) is 0 Å². The molecule has 4 aromatic rings. The van der Waals surface area contributed by atoms with E-state index in [0.29, 0.717) is 28.2 Å². The molecule has 3 N–H and O–H groups in total. The highest BCUT2D eigenvalue weighted by Gasteiger charge is 2.13. The third-order valence-corrected chi connectivity index (χ3v) is 5.47. The molecule has 180 valence electrons. The molecule has 0 unspecified atom stereocenters. The van der Waals surface area contributed by atoms with Gasteiger partial charge in [0.2, 0.25) is 5.91 Å². The topological polar surface area (TPSA) is 90.5 Å². The maximum atomic E-state index is 12.7. The maximum absolute atomic E-state index is 12.7. The molecule has 4 rings (SSSR count). The first-order chi connectivity index (χ1) is 17.5. The Kier molecular flexibility index (Phi) is 7.73. The molecule has 0 aliphatic rings. The zero-order chi connectivity index (χ0) is 25.3. The van der Waals surface area contributed by atoms with Gasteiger partial charge in [-0.2, -0.15) is 0 Å². The fraction of sp³-hybridized carbons (Fsp3) is 0.0690. The van der Waals surface area contributed by atoms with Crippen LogP contribution >= 0.6 is 0 Å². The van der Waals surface area contributed by atoms with Crippen LogP contribution in [0.1, 0.15) is 20.7 Å². The molecule has 7 heteroatoms. The standard InChI is InChI=1S/C29H26N4O3/c1-33(26-13-6-3-7-14-26)29(36)22-15-17-23(18-16-22)30-20-27(34)31-24-11-8-12-25(19-24)32-28(35)21-9-4-2-5-10-21/h2-19,30H,20H2,1H3,(H,31,34)(H,32,35). The summed E-state index contributed by atoms with van der Waals surface area (Å²) in [6.07, 6.45) is 0. The number of para-hydroxylation sites is 1. The summed E-state index contributed by atoms with van der Waals surface area (Å²) in [5.74, 6) is -0.590. The van der Waals surface area contributed by atoms with Gasteiger partial charge in [0, 0.05) is 40.9 Å². The summed E-state index contributed by atoms with van der Waals surface area (Å²) < 4.78 is 0. The molecule has 0 bridgehead atoms. The van der Waals surface area contributed by atoms with E-state index in [1.165, 1.54) is 0 Å². The van der Waals surface area contributed by atoms with Gasteiger partial charge in [-0.3, -0.25) is 14.4 Å². The summed E-state index contributed by atoms with van der Waals surface area (Å²) in [6, 6.07) is 32.3. The predicted molar refractivity (Wildman–Crippen MR) is 144 cm³/mol. The van der Waals surface area contributed by atoms with Crippen molar-refractivity contribution in [2.24, 2.45) is 0 Å². The van der Waals surface area contributed by atoms with Crippen LogP contribution in [-0.2, 0) is 4.79 Å². The van der Waals surface area contributed by atoms with Crippen molar-refractivity contribution in [2.75, 3.05) is 34.4 Å². The molecule has 0 aliphatic heterocycles. The Morgan fingerprint density at radius 1 is 0.639 bits per heavy atom. The van der Waals surface area contributed by atoms with Gasteiger partial charge in [0.25, 0.3) is 11.8 Å². The molecule has 0 radical (unpaired) electrons. The van der Waals surface area contributed by atoms with Gasteiger partial charge < -0.3 is 20.9 Å². The second kappa shape index (κ2) is 11.5. The number of anilines is 4. The van der Waals surface area contributed by atoms with Gasteiger partial charge in [-0.15, -0.1) is 0 Å². The third kappa shape index (κ3) is 6.36. The molecule has 4 aromatic carbocycles. The Bertz CT molecular complexity index is 1340. The minimum Gasteiger partial charge on any atom is -0.376 e. The van der Waals surface area contributed by atoms with Gasteiger partial charge in [-0.05, 0) is 66.7 Å². The van der Waals surface area contributed by atoms with Gasteiger partial charge in [0.1, 0.15) is 0 Å². The van der Waals surface area contributed by atoms with Crippen molar-refractivity contribution in [2.45, 2.75) is 0 Å². The van der Waals surface area contributed by atoms with Crippen LogP contribution in [0.2, 0.25) is 0 Å².